The monoisotopic (exact) mass is 1200 g/mol. The molecule has 0 atom stereocenters. The fraction of sp³-hybridized carbons (Fsp3) is 0.133. The number of fused-ring (bicyclic) bond motifs is 3. The van der Waals surface area contributed by atoms with Gasteiger partial charge in [-0.05, 0) is 188 Å². The van der Waals surface area contributed by atoms with E-state index in [9.17, 15) is 40.9 Å². The molecule has 0 saturated heterocycles. The Labute approximate surface area is 532 Å². The maximum absolute atomic E-state index is 9.85. The molecule has 0 bridgehead atoms. The van der Waals surface area contributed by atoms with Crippen LogP contribution in [0, 0.1) is 0 Å². The van der Waals surface area contributed by atoms with Gasteiger partial charge in [0.1, 0.15) is 46.0 Å². The van der Waals surface area contributed by atoms with Crippen molar-refractivity contribution in [1.82, 2.24) is 0 Å². The van der Waals surface area contributed by atoms with Crippen LogP contribution in [0.1, 0.15) is 113 Å². The number of aromatic hydroxyl groups is 8. The first-order valence-electron chi connectivity index (χ1n) is 30.8. The van der Waals surface area contributed by atoms with E-state index in [0.717, 1.165) is 57.3 Å². The standard InChI is InChI=1S/C25H18O2.C25H20O2.C18H20O2.C15H16O2/c26-19-13-9-17(10-14-19)25(18-11-15-20(27)16-12-18)23-7-3-1-5-21(23)22-6-2-4-8-24(22)25;26-23-15-11-21(12-16-23)25(19-7-3-1-4-8-19,20-9-5-2-6-10-20)22-13-17-24(27)18-14-22;19-16-8-4-14(5-9-16)18(12-2-1-3-13-18)15-6-10-17(20)11-7-15;1-15(2,11-3-7-13(16)8-4-11)12-5-9-14(17)10-6-12/h1-16,26-27H;1-18,26-27H;4-11,19-20H,1-3,12-13H2;3-10,16-17H,1-2H3. The average Bonchev–Trinajstić information content (AvgIpc) is 1.59. The fourth-order valence-corrected chi connectivity index (χ4v) is 13.6. The molecule has 1 saturated carbocycles. The maximum atomic E-state index is 9.85. The highest BCUT2D eigenvalue weighted by atomic mass is 16.3. The molecule has 0 aromatic heterocycles. The van der Waals surface area contributed by atoms with Crippen LogP contribution >= 0.6 is 0 Å². The Balaban J connectivity index is 0.000000127. The minimum absolute atomic E-state index is 0.0274. The number of phenolic OH excluding ortho intramolecular Hbond substituents is 8. The third kappa shape index (κ3) is 12.6. The quantitative estimate of drug-likeness (QED) is 0.0628. The smallest absolute Gasteiger partial charge is 0.115 e. The summed E-state index contributed by atoms with van der Waals surface area (Å²) in [5.41, 5.74) is 15.0. The minimum Gasteiger partial charge on any atom is -0.508 e. The largest absolute Gasteiger partial charge is 0.508 e. The summed E-state index contributed by atoms with van der Waals surface area (Å²) < 4.78 is 0. The molecule has 14 rings (SSSR count). The molecule has 8 heteroatoms. The van der Waals surface area contributed by atoms with Gasteiger partial charge in [0.25, 0.3) is 0 Å². The molecule has 454 valence electrons. The highest BCUT2D eigenvalue weighted by Gasteiger charge is 2.46. The zero-order chi connectivity index (χ0) is 63.6. The van der Waals surface area contributed by atoms with Gasteiger partial charge >= 0.3 is 0 Å². The normalized spacial score (nSPS) is 13.5. The summed E-state index contributed by atoms with van der Waals surface area (Å²) in [6.07, 6.45) is 5.99. The van der Waals surface area contributed by atoms with Gasteiger partial charge in [-0.3, -0.25) is 0 Å². The van der Waals surface area contributed by atoms with E-state index in [4.69, 9.17) is 0 Å². The fourth-order valence-electron chi connectivity index (χ4n) is 13.6. The molecule has 12 aromatic rings. The zero-order valence-electron chi connectivity index (χ0n) is 51.0. The molecule has 1 fully saturated rings. The van der Waals surface area contributed by atoms with E-state index in [1.165, 1.54) is 52.6 Å². The molecule has 0 amide bonds. The Bertz CT molecular complexity index is 3930. The SMILES string of the molecule is CC(C)(c1ccc(O)cc1)c1ccc(O)cc1.Oc1ccc(C(c2ccccc2)(c2ccccc2)c2ccc(O)cc2)cc1.Oc1ccc(C2(c3ccc(O)cc3)CCCCC2)cc1.Oc1ccc(C2(c3ccc(O)cc3)c3ccccc3-c3ccccc32)cc1. The third-order valence-electron chi connectivity index (χ3n) is 18.3. The maximum Gasteiger partial charge on any atom is 0.115 e. The van der Waals surface area contributed by atoms with Crippen molar-refractivity contribution < 1.29 is 40.9 Å². The Kier molecular flexibility index (Phi) is 18.2. The van der Waals surface area contributed by atoms with Crippen LogP contribution in [-0.4, -0.2) is 40.9 Å². The topological polar surface area (TPSA) is 162 Å². The zero-order valence-corrected chi connectivity index (χ0v) is 51.0. The van der Waals surface area contributed by atoms with Crippen LogP contribution in [0.2, 0.25) is 0 Å². The first-order chi connectivity index (χ1) is 44.1. The molecule has 2 aliphatic carbocycles. The molecule has 0 unspecified atom stereocenters. The molecule has 8 N–H and O–H groups in total. The average molecular weight is 1200 g/mol. The van der Waals surface area contributed by atoms with Crippen LogP contribution in [0.15, 0.2) is 303 Å². The lowest BCUT2D eigenvalue weighted by atomic mass is 9.65. The van der Waals surface area contributed by atoms with Crippen LogP contribution in [0.4, 0.5) is 0 Å². The molecule has 2 aliphatic rings. The minimum atomic E-state index is -0.566. The lowest BCUT2D eigenvalue weighted by molar-refractivity contribution is 0.345. The second-order valence-electron chi connectivity index (χ2n) is 24.0. The van der Waals surface area contributed by atoms with Crippen molar-refractivity contribution >= 4 is 0 Å². The summed E-state index contributed by atoms with van der Waals surface area (Å²) in [6.45, 7) is 4.23. The third-order valence-corrected chi connectivity index (χ3v) is 18.3. The predicted molar refractivity (Wildman–Crippen MR) is 364 cm³/mol. The molecule has 0 aliphatic heterocycles. The van der Waals surface area contributed by atoms with Crippen LogP contribution in [0.25, 0.3) is 11.1 Å². The number of hydrogen-bond donors (Lipinski definition) is 8. The van der Waals surface area contributed by atoms with Gasteiger partial charge in [0.05, 0.1) is 10.8 Å². The lowest BCUT2D eigenvalue weighted by Gasteiger charge is -2.38. The van der Waals surface area contributed by atoms with E-state index < -0.39 is 10.8 Å². The van der Waals surface area contributed by atoms with Crippen LogP contribution in [0.5, 0.6) is 46.0 Å². The van der Waals surface area contributed by atoms with Crippen molar-refractivity contribution in [2.45, 2.75) is 67.6 Å². The first kappa shape index (κ1) is 61.7. The second-order valence-corrected chi connectivity index (χ2v) is 24.0. The summed E-state index contributed by atoms with van der Waals surface area (Å²) in [4.78, 5) is 0. The number of hydrogen-bond acceptors (Lipinski definition) is 8. The Morgan fingerprint density at radius 2 is 0.484 bits per heavy atom. The molecular weight excluding hydrogens is 1120 g/mol. The van der Waals surface area contributed by atoms with Crippen molar-refractivity contribution in [2.24, 2.45) is 0 Å². The Hall–Kier alpha value is -11.0. The van der Waals surface area contributed by atoms with E-state index in [0.29, 0.717) is 11.5 Å². The molecule has 0 radical (unpaired) electrons. The molecule has 0 heterocycles. The van der Waals surface area contributed by atoms with E-state index in [2.05, 4.69) is 86.6 Å². The molecule has 8 nitrogen and oxygen atoms in total. The molecule has 12 aromatic carbocycles. The summed E-state index contributed by atoms with van der Waals surface area (Å²) in [6, 6.07) is 96.9. The van der Waals surface area contributed by atoms with Crippen molar-refractivity contribution in [2.75, 3.05) is 0 Å². The number of rotatable bonds is 10. The van der Waals surface area contributed by atoms with Gasteiger partial charge in [0.15, 0.2) is 0 Å². The van der Waals surface area contributed by atoms with Gasteiger partial charge in [-0.1, -0.05) is 239 Å². The summed E-state index contributed by atoms with van der Waals surface area (Å²) >= 11 is 0. The van der Waals surface area contributed by atoms with Crippen molar-refractivity contribution in [3.8, 4) is 57.1 Å². The van der Waals surface area contributed by atoms with E-state index >= 15 is 0 Å². The van der Waals surface area contributed by atoms with Crippen molar-refractivity contribution in [3.05, 3.63) is 370 Å². The van der Waals surface area contributed by atoms with Crippen molar-refractivity contribution in [3.63, 3.8) is 0 Å². The summed E-state index contributed by atoms with van der Waals surface area (Å²) in [7, 11) is 0. The summed E-state index contributed by atoms with van der Waals surface area (Å²) in [5, 5.41) is 77.0. The van der Waals surface area contributed by atoms with Gasteiger partial charge in [-0.25, -0.2) is 0 Å². The van der Waals surface area contributed by atoms with Gasteiger partial charge in [0, 0.05) is 10.8 Å². The highest BCUT2D eigenvalue weighted by molar-refractivity contribution is 5.86. The van der Waals surface area contributed by atoms with E-state index in [-0.39, 0.29) is 45.3 Å². The predicted octanol–water partition coefficient (Wildman–Crippen LogP) is 18.7. The lowest BCUT2D eigenvalue weighted by Crippen LogP contribution is -2.30. The van der Waals surface area contributed by atoms with Crippen LogP contribution in [0.3, 0.4) is 0 Å². The number of benzene rings is 12. The van der Waals surface area contributed by atoms with Gasteiger partial charge in [0.2, 0.25) is 0 Å². The first-order valence-corrected chi connectivity index (χ1v) is 30.8. The van der Waals surface area contributed by atoms with Gasteiger partial charge < -0.3 is 40.9 Å². The van der Waals surface area contributed by atoms with Crippen LogP contribution in [-0.2, 0) is 21.7 Å². The Morgan fingerprint density at radius 3 is 0.791 bits per heavy atom. The number of phenols is 8. The van der Waals surface area contributed by atoms with Gasteiger partial charge in [-0.2, -0.15) is 0 Å². The van der Waals surface area contributed by atoms with Crippen molar-refractivity contribution in [1.29, 1.82) is 0 Å². The van der Waals surface area contributed by atoms with Gasteiger partial charge in [-0.15, -0.1) is 0 Å². The van der Waals surface area contributed by atoms with E-state index in [1.54, 1.807) is 97.1 Å². The second kappa shape index (κ2) is 26.8. The van der Waals surface area contributed by atoms with Crippen LogP contribution < -0.4 is 0 Å². The highest BCUT2D eigenvalue weighted by Crippen LogP contribution is 2.56. The summed E-state index contributed by atoms with van der Waals surface area (Å²) in [5.74, 6) is 2.14. The molecule has 91 heavy (non-hydrogen) atoms. The van der Waals surface area contributed by atoms with E-state index in [1.807, 2.05) is 133 Å². The molecule has 0 spiro atoms. The molecular formula is C83H74O8. The Morgan fingerprint density at radius 1 is 0.242 bits per heavy atom.